The van der Waals surface area contributed by atoms with E-state index in [-0.39, 0.29) is 29.2 Å². The van der Waals surface area contributed by atoms with Crippen molar-refractivity contribution in [2.24, 2.45) is 5.92 Å². The Kier molecular flexibility index (Phi) is 7.32. The van der Waals surface area contributed by atoms with E-state index in [1.54, 1.807) is 12.1 Å². The molecule has 4 nitrogen and oxygen atoms in total. The van der Waals surface area contributed by atoms with Crippen LogP contribution in [-0.4, -0.2) is 23.3 Å². The molecule has 2 atom stereocenters. The molecule has 1 heterocycles. The van der Waals surface area contributed by atoms with Gasteiger partial charge >= 0.3 is 0 Å². The highest BCUT2D eigenvalue weighted by molar-refractivity contribution is 6.30. The number of benzene rings is 3. The monoisotopic (exact) mass is 488 g/mol. The molecule has 0 radical (unpaired) electrons. The first-order valence-corrected chi connectivity index (χ1v) is 12.6. The number of anilines is 1. The molecule has 1 aliphatic heterocycles. The van der Waals surface area contributed by atoms with E-state index in [1.165, 1.54) is 0 Å². The number of rotatable bonds is 4. The minimum absolute atomic E-state index is 0.0161. The lowest BCUT2D eigenvalue weighted by molar-refractivity contribution is -0.123. The van der Waals surface area contributed by atoms with Gasteiger partial charge in [0, 0.05) is 22.8 Å². The molecule has 5 heteroatoms. The molecule has 0 saturated carbocycles. The maximum atomic E-state index is 13.7. The van der Waals surface area contributed by atoms with Gasteiger partial charge in [0.2, 0.25) is 5.91 Å². The second kappa shape index (κ2) is 10.2. The fraction of sp³-hybridized carbons (Fsp3) is 0.333. The highest BCUT2D eigenvalue weighted by Crippen LogP contribution is 2.38. The highest BCUT2D eigenvalue weighted by Gasteiger charge is 2.40. The van der Waals surface area contributed by atoms with Crippen molar-refractivity contribution in [2.45, 2.75) is 52.0 Å². The predicted octanol–water partition coefficient (Wildman–Crippen LogP) is 7.18. The minimum atomic E-state index is -0.360. The Hall–Kier alpha value is -3.11. The van der Waals surface area contributed by atoms with E-state index >= 15 is 0 Å². The zero-order chi connectivity index (χ0) is 25.2. The molecule has 0 bridgehead atoms. The topological polar surface area (TPSA) is 49.4 Å². The highest BCUT2D eigenvalue weighted by atomic mass is 35.5. The van der Waals surface area contributed by atoms with Crippen molar-refractivity contribution in [1.29, 1.82) is 0 Å². The third-order valence-corrected chi connectivity index (χ3v) is 7.02. The number of hydrogen-bond acceptors (Lipinski definition) is 2. The van der Waals surface area contributed by atoms with Crippen LogP contribution >= 0.6 is 11.6 Å². The average Bonchev–Trinajstić information content (AvgIpc) is 2.83. The molecule has 0 aromatic heterocycles. The maximum Gasteiger partial charge on any atom is 0.254 e. The molecule has 0 spiro atoms. The number of hydrogen-bond donors (Lipinski definition) is 1. The van der Waals surface area contributed by atoms with Crippen molar-refractivity contribution in [2.75, 3.05) is 11.9 Å². The summed E-state index contributed by atoms with van der Waals surface area (Å²) in [6.45, 7) is 8.96. The number of nitrogens with zero attached hydrogens (tertiary/aromatic N) is 1. The van der Waals surface area contributed by atoms with E-state index in [2.05, 4.69) is 32.2 Å². The molecule has 1 aliphatic rings. The number of likely N-dealkylation sites (tertiary alicyclic amines) is 1. The Morgan fingerprint density at radius 3 is 2.40 bits per heavy atom. The number of carbonyl (C=O) groups is 2. The van der Waals surface area contributed by atoms with Gasteiger partial charge in [-0.15, -0.1) is 0 Å². The number of halogens is 1. The van der Waals surface area contributed by atoms with Gasteiger partial charge in [-0.1, -0.05) is 74.8 Å². The van der Waals surface area contributed by atoms with E-state index in [9.17, 15) is 9.59 Å². The fourth-order valence-electron chi connectivity index (χ4n) is 4.88. The standard InChI is InChI=1S/C30H33ClN2O2/c1-20-18-23(31)15-16-25(20)29(35)33-17-9-14-26(27(33)21-10-6-5-7-11-21)28(34)32-24-13-8-12-22(19-24)30(2,3)4/h5-8,10-13,15-16,18-19,26-27H,9,14,17H2,1-4H3,(H,32,34). The lowest BCUT2D eigenvalue weighted by Gasteiger charge is -2.41. The molecular formula is C30H33ClN2O2. The molecule has 4 rings (SSSR count). The normalized spacial score (nSPS) is 18.3. The van der Waals surface area contributed by atoms with E-state index in [1.807, 2.05) is 66.4 Å². The van der Waals surface area contributed by atoms with Gasteiger partial charge in [-0.2, -0.15) is 0 Å². The molecule has 2 unspecified atom stereocenters. The Morgan fingerprint density at radius 2 is 1.71 bits per heavy atom. The first kappa shape index (κ1) is 25.0. The van der Waals surface area contributed by atoms with Crippen molar-refractivity contribution < 1.29 is 9.59 Å². The van der Waals surface area contributed by atoms with Crippen LogP contribution in [0.15, 0.2) is 72.8 Å². The molecule has 3 aromatic carbocycles. The molecule has 1 saturated heterocycles. The Morgan fingerprint density at radius 1 is 0.971 bits per heavy atom. The predicted molar refractivity (Wildman–Crippen MR) is 143 cm³/mol. The van der Waals surface area contributed by atoms with Crippen molar-refractivity contribution >= 4 is 29.1 Å². The summed E-state index contributed by atoms with van der Waals surface area (Å²) in [6, 6.07) is 22.9. The minimum Gasteiger partial charge on any atom is -0.331 e. The number of piperidine rings is 1. The van der Waals surface area contributed by atoms with Crippen molar-refractivity contribution in [3.8, 4) is 0 Å². The van der Waals surface area contributed by atoms with Crippen LogP contribution in [0.5, 0.6) is 0 Å². The first-order valence-electron chi connectivity index (χ1n) is 12.2. The number of amides is 2. The third-order valence-electron chi connectivity index (χ3n) is 6.78. The van der Waals surface area contributed by atoms with E-state index in [0.29, 0.717) is 23.6 Å². The van der Waals surface area contributed by atoms with Gasteiger partial charge in [-0.3, -0.25) is 9.59 Å². The van der Waals surface area contributed by atoms with Gasteiger partial charge in [0.05, 0.1) is 12.0 Å². The van der Waals surface area contributed by atoms with Crippen LogP contribution in [0.1, 0.15) is 66.7 Å². The van der Waals surface area contributed by atoms with Crippen LogP contribution in [0.2, 0.25) is 5.02 Å². The molecule has 1 N–H and O–H groups in total. The summed E-state index contributed by atoms with van der Waals surface area (Å²) >= 11 is 6.14. The summed E-state index contributed by atoms with van der Waals surface area (Å²) in [5.41, 5.74) is 4.35. The SMILES string of the molecule is Cc1cc(Cl)ccc1C(=O)N1CCCC(C(=O)Nc2cccc(C(C)(C)C)c2)C1c1ccccc1. The number of nitrogens with one attached hydrogen (secondary N) is 1. The van der Waals surface area contributed by atoms with Gasteiger partial charge in [-0.05, 0) is 72.2 Å². The van der Waals surface area contributed by atoms with Gasteiger partial charge < -0.3 is 10.2 Å². The third kappa shape index (κ3) is 5.59. The van der Waals surface area contributed by atoms with Crippen molar-refractivity contribution in [1.82, 2.24) is 4.90 Å². The van der Waals surface area contributed by atoms with Gasteiger partial charge in [0.15, 0.2) is 0 Å². The molecule has 3 aromatic rings. The lowest BCUT2D eigenvalue weighted by Crippen LogP contribution is -2.46. The number of carbonyl (C=O) groups excluding carboxylic acids is 2. The Labute approximate surface area is 213 Å². The van der Waals surface area contributed by atoms with E-state index in [4.69, 9.17) is 11.6 Å². The van der Waals surface area contributed by atoms with E-state index < -0.39 is 0 Å². The summed E-state index contributed by atoms with van der Waals surface area (Å²) in [5.74, 6) is -0.489. The summed E-state index contributed by atoms with van der Waals surface area (Å²) in [6.07, 6.45) is 1.48. The van der Waals surface area contributed by atoms with Crippen LogP contribution in [0.3, 0.4) is 0 Å². The Bertz CT molecular complexity index is 1220. The average molecular weight is 489 g/mol. The fourth-order valence-corrected chi connectivity index (χ4v) is 5.11. The smallest absolute Gasteiger partial charge is 0.254 e. The molecule has 1 fully saturated rings. The quantitative estimate of drug-likeness (QED) is 0.423. The molecule has 0 aliphatic carbocycles. The second-order valence-electron chi connectivity index (χ2n) is 10.4. The van der Waals surface area contributed by atoms with Crippen LogP contribution in [-0.2, 0) is 10.2 Å². The molecular weight excluding hydrogens is 456 g/mol. The van der Waals surface area contributed by atoms with Crippen LogP contribution in [0.4, 0.5) is 5.69 Å². The van der Waals surface area contributed by atoms with Gasteiger partial charge in [0.1, 0.15) is 0 Å². The van der Waals surface area contributed by atoms with Gasteiger partial charge in [0.25, 0.3) is 5.91 Å². The van der Waals surface area contributed by atoms with Crippen LogP contribution in [0, 0.1) is 12.8 Å². The zero-order valence-electron chi connectivity index (χ0n) is 20.8. The summed E-state index contributed by atoms with van der Waals surface area (Å²) in [5, 5.41) is 3.75. The molecule has 35 heavy (non-hydrogen) atoms. The summed E-state index contributed by atoms with van der Waals surface area (Å²) < 4.78 is 0. The second-order valence-corrected chi connectivity index (χ2v) is 10.8. The van der Waals surface area contributed by atoms with Gasteiger partial charge in [-0.25, -0.2) is 0 Å². The van der Waals surface area contributed by atoms with Crippen molar-refractivity contribution in [3.63, 3.8) is 0 Å². The zero-order valence-corrected chi connectivity index (χ0v) is 21.6. The summed E-state index contributed by atoms with van der Waals surface area (Å²) in [7, 11) is 0. The largest absolute Gasteiger partial charge is 0.331 e. The van der Waals surface area contributed by atoms with E-state index in [0.717, 1.165) is 28.8 Å². The maximum absolute atomic E-state index is 13.7. The summed E-state index contributed by atoms with van der Waals surface area (Å²) in [4.78, 5) is 29.3. The molecule has 2 amide bonds. The Balaban J connectivity index is 1.67. The van der Waals surface area contributed by atoms with Crippen LogP contribution < -0.4 is 5.32 Å². The number of aryl methyl sites for hydroxylation is 1. The lowest BCUT2D eigenvalue weighted by atomic mass is 9.83. The van der Waals surface area contributed by atoms with Crippen molar-refractivity contribution in [3.05, 3.63) is 100 Å². The first-order chi connectivity index (χ1) is 16.6. The molecule has 182 valence electrons. The van der Waals surface area contributed by atoms with Crippen LogP contribution in [0.25, 0.3) is 0 Å².